The Morgan fingerprint density at radius 2 is 2.08 bits per heavy atom. The van der Waals surface area contributed by atoms with Gasteiger partial charge >= 0.3 is 0 Å². The number of rotatable bonds is 4. The van der Waals surface area contributed by atoms with Crippen LogP contribution in [-0.2, 0) is 0 Å². The van der Waals surface area contributed by atoms with Crippen molar-refractivity contribution in [2.75, 3.05) is 6.61 Å². The summed E-state index contributed by atoms with van der Waals surface area (Å²) in [6, 6.07) is 9.43. The molecule has 1 N–H and O–H groups in total. The number of benzene rings is 1. The third-order valence-corrected chi connectivity index (χ3v) is 1.49. The number of aliphatic hydroxyl groups excluding tert-OH is 1. The summed E-state index contributed by atoms with van der Waals surface area (Å²) in [5.74, 6) is 0.923. The molecular formula is C11H12O2. The Hall–Kier alpha value is -1.70. The van der Waals surface area contributed by atoms with Gasteiger partial charge in [0.25, 0.3) is 0 Å². The number of allylic oxidation sites excluding steroid dienone is 1. The molecular weight excluding hydrogens is 164 g/mol. The minimum Gasteiger partial charge on any atom is -0.508 e. The number of ether oxygens (including phenoxy) is 1. The van der Waals surface area contributed by atoms with Crippen LogP contribution in [0.2, 0.25) is 0 Å². The second kappa shape index (κ2) is 5.04. The Morgan fingerprint density at radius 1 is 1.38 bits per heavy atom. The van der Waals surface area contributed by atoms with Gasteiger partial charge in [-0.05, 0) is 24.3 Å². The molecule has 0 fully saturated rings. The molecule has 0 aliphatic carbocycles. The van der Waals surface area contributed by atoms with Gasteiger partial charge < -0.3 is 9.84 Å². The molecule has 0 saturated heterocycles. The molecule has 0 aromatic heterocycles. The molecule has 0 aliphatic rings. The fraction of sp³-hybridized carbons (Fsp3) is 0.0909. The molecule has 0 heterocycles. The van der Waals surface area contributed by atoms with Crippen LogP contribution >= 0.6 is 0 Å². The first-order valence-corrected chi connectivity index (χ1v) is 4.02. The van der Waals surface area contributed by atoms with Crippen LogP contribution in [0.4, 0.5) is 0 Å². The zero-order valence-electron chi connectivity index (χ0n) is 7.31. The number of aliphatic hydroxyl groups is 1. The van der Waals surface area contributed by atoms with Crippen LogP contribution in [0.15, 0.2) is 54.8 Å². The Bertz CT molecular complexity index is 288. The van der Waals surface area contributed by atoms with E-state index < -0.39 is 0 Å². The summed E-state index contributed by atoms with van der Waals surface area (Å²) in [7, 11) is 0. The van der Waals surface area contributed by atoms with E-state index in [2.05, 4.69) is 6.58 Å². The van der Waals surface area contributed by atoms with Crippen LogP contribution in [0.3, 0.4) is 0 Å². The third-order valence-electron chi connectivity index (χ3n) is 1.49. The zero-order chi connectivity index (χ0) is 9.52. The van der Waals surface area contributed by atoms with E-state index >= 15 is 0 Å². The minimum absolute atomic E-state index is 0.135. The molecule has 1 aromatic rings. The Labute approximate surface area is 77.8 Å². The molecule has 0 bridgehead atoms. The molecule has 2 heteroatoms. The lowest BCUT2D eigenvalue weighted by molar-refractivity contribution is 0.351. The van der Waals surface area contributed by atoms with Gasteiger partial charge in [-0.15, -0.1) is 0 Å². The first-order valence-electron chi connectivity index (χ1n) is 4.02. The normalized spacial score (nSPS) is 10.9. The summed E-state index contributed by atoms with van der Waals surface area (Å²) in [5.41, 5.74) is 0. The Kier molecular flexibility index (Phi) is 3.64. The first-order chi connectivity index (χ1) is 6.33. The SMILES string of the molecule is C=CC(O)=CCOc1ccccc1. The molecule has 13 heavy (non-hydrogen) atoms. The highest BCUT2D eigenvalue weighted by Crippen LogP contribution is 2.07. The molecule has 68 valence electrons. The van der Waals surface area contributed by atoms with Gasteiger partial charge in [-0.2, -0.15) is 0 Å². The van der Waals surface area contributed by atoms with Gasteiger partial charge in [-0.1, -0.05) is 24.8 Å². The summed E-state index contributed by atoms with van der Waals surface area (Å²) >= 11 is 0. The van der Waals surface area contributed by atoms with Gasteiger partial charge in [0.2, 0.25) is 0 Å². The Morgan fingerprint density at radius 3 is 2.69 bits per heavy atom. The van der Waals surface area contributed by atoms with Gasteiger partial charge in [0.15, 0.2) is 0 Å². The van der Waals surface area contributed by atoms with Crippen molar-refractivity contribution < 1.29 is 9.84 Å². The number of para-hydroxylation sites is 1. The minimum atomic E-state index is 0.135. The van der Waals surface area contributed by atoms with Crippen molar-refractivity contribution in [2.45, 2.75) is 0 Å². The van der Waals surface area contributed by atoms with Crippen LogP contribution in [0.1, 0.15) is 0 Å². The zero-order valence-corrected chi connectivity index (χ0v) is 7.31. The smallest absolute Gasteiger partial charge is 0.119 e. The summed E-state index contributed by atoms with van der Waals surface area (Å²) in [5, 5.41) is 9.00. The lowest BCUT2D eigenvalue weighted by atomic mass is 10.3. The predicted molar refractivity (Wildman–Crippen MR) is 52.8 cm³/mol. The van der Waals surface area contributed by atoms with Crippen molar-refractivity contribution in [2.24, 2.45) is 0 Å². The van der Waals surface area contributed by atoms with Crippen molar-refractivity contribution in [1.82, 2.24) is 0 Å². The average molecular weight is 176 g/mol. The summed E-state index contributed by atoms with van der Waals surface area (Å²) in [6.45, 7) is 3.76. The second-order valence-electron chi connectivity index (χ2n) is 2.46. The highest BCUT2D eigenvalue weighted by atomic mass is 16.5. The molecule has 0 atom stereocenters. The molecule has 0 saturated carbocycles. The quantitative estimate of drug-likeness (QED) is 0.564. The topological polar surface area (TPSA) is 29.5 Å². The maximum absolute atomic E-state index is 9.00. The van der Waals surface area contributed by atoms with Crippen LogP contribution in [0, 0.1) is 0 Å². The maximum atomic E-state index is 9.00. The van der Waals surface area contributed by atoms with Gasteiger partial charge in [-0.3, -0.25) is 0 Å². The van der Waals surface area contributed by atoms with Crippen LogP contribution in [0.25, 0.3) is 0 Å². The molecule has 0 spiro atoms. The monoisotopic (exact) mass is 176 g/mol. The van der Waals surface area contributed by atoms with Crippen LogP contribution in [-0.4, -0.2) is 11.7 Å². The Balaban J connectivity index is 2.40. The van der Waals surface area contributed by atoms with E-state index in [0.717, 1.165) is 5.75 Å². The average Bonchev–Trinajstić information content (AvgIpc) is 2.19. The highest BCUT2D eigenvalue weighted by molar-refractivity contribution is 5.21. The third kappa shape index (κ3) is 3.47. The van der Waals surface area contributed by atoms with Crippen molar-refractivity contribution in [3.05, 3.63) is 54.8 Å². The van der Waals surface area contributed by atoms with E-state index in [9.17, 15) is 0 Å². The lowest BCUT2D eigenvalue weighted by Gasteiger charge is -2.01. The second-order valence-corrected chi connectivity index (χ2v) is 2.46. The molecule has 2 nitrogen and oxygen atoms in total. The van der Waals surface area contributed by atoms with Gasteiger partial charge in [0.1, 0.15) is 18.1 Å². The van der Waals surface area contributed by atoms with Crippen molar-refractivity contribution in [3.63, 3.8) is 0 Å². The predicted octanol–water partition coefficient (Wildman–Crippen LogP) is 2.69. The molecule has 0 amide bonds. The molecule has 0 unspecified atom stereocenters. The van der Waals surface area contributed by atoms with E-state index in [1.165, 1.54) is 6.08 Å². The largest absolute Gasteiger partial charge is 0.508 e. The van der Waals surface area contributed by atoms with Crippen LogP contribution in [0.5, 0.6) is 5.75 Å². The lowest BCUT2D eigenvalue weighted by Crippen LogP contribution is -1.93. The van der Waals surface area contributed by atoms with Crippen molar-refractivity contribution in [3.8, 4) is 5.75 Å². The number of hydrogen-bond donors (Lipinski definition) is 1. The fourth-order valence-electron chi connectivity index (χ4n) is 0.823. The fourth-order valence-corrected chi connectivity index (χ4v) is 0.823. The summed E-state index contributed by atoms with van der Waals surface area (Å²) < 4.78 is 5.29. The van der Waals surface area contributed by atoms with Gasteiger partial charge in [0, 0.05) is 0 Å². The highest BCUT2D eigenvalue weighted by Gasteiger charge is 1.88. The molecule has 0 radical (unpaired) electrons. The van der Waals surface area contributed by atoms with Gasteiger partial charge in [0.05, 0.1) is 0 Å². The van der Waals surface area contributed by atoms with Crippen molar-refractivity contribution >= 4 is 0 Å². The van der Waals surface area contributed by atoms with E-state index in [1.807, 2.05) is 30.3 Å². The number of hydrogen-bond acceptors (Lipinski definition) is 2. The maximum Gasteiger partial charge on any atom is 0.119 e. The van der Waals surface area contributed by atoms with E-state index in [-0.39, 0.29) is 5.76 Å². The van der Waals surface area contributed by atoms with Crippen molar-refractivity contribution in [1.29, 1.82) is 0 Å². The van der Waals surface area contributed by atoms with E-state index in [1.54, 1.807) is 6.08 Å². The molecule has 1 rings (SSSR count). The summed E-state index contributed by atoms with van der Waals surface area (Å²) in [4.78, 5) is 0. The molecule has 1 aromatic carbocycles. The van der Waals surface area contributed by atoms with Gasteiger partial charge in [-0.25, -0.2) is 0 Å². The molecule has 0 aliphatic heterocycles. The standard InChI is InChI=1S/C11H12O2/c1-2-10(12)8-9-13-11-6-4-3-5-7-11/h2-8,12H,1,9H2. The van der Waals surface area contributed by atoms with E-state index in [4.69, 9.17) is 9.84 Å². The van der Waals surface area contributed by atoms with Crippen LogP contribution < -0.4 is 4.74 Å². The first kappa shape index (κ1) is 9.39. The van der Waals surface area contributed by atoms with E-state index in [0.29, 0.717) is 6.61 Å². The summed E-state index contributed by atoms with van der Waals surface area (Å²) in [6.07, 6.45) is 2.92.